The van der Waals surface area contributed by atoms with Gasteiger partial charge in [-0.15, -0.1) is 0 Å². The Morgan fingerprint density at radius 1 is 1.47 bits per heavy atom. The first kappa shape index (κ1) is 13.4. The van der Waals surface area contributed by atoms with E-state index in [1.165, 1.54) is 0 Å². The molecule has 5 nitrogen and oxygen atoms in total. The van der Waals surface area contributed by atoms with Crippen molar-refractivity contribution >= 4 is 11.0 Å². The zero-order valence-corrected chi connectivity index (χ0v) is 10.7. The van der Waals surface area contributed by atoms with Crippen LogP contribution in [-0.4, -0.2) is 30.9 Å². The molecule has 1 atom stereocenters. The quantitative estimate of drug-likeness (QED) is 0.825. The molecule has 0 saturated carbocycles. The van der Waals surface area contributed by atoms with Crippen molar-refractivity contribution in [3.05, 3.63) is 30.0 Å². The van der Waals surface area contributed by atoms with Crippen LogP contribution in [0.2, 0.25) is 0 Å². The third kappa shape index (κ3) is 3.05. The molecule has 0 amide bonds. The van der Waals surface area contributed by atoms with E-state index in [1.807, 2.05) is 31.2 Å². The highest BCUT2D eigenvalue weighted by Crippen LogP contribution is 2.32. The molecule has 0 bridgehead atoms. The Balaban J connectivity index is 2.13. The second-order valence-electron chi connectivity index (χ2n) is 4.14. The summed E-state index contributed by atoms with van der Waals surface area (Å²) in [6.45, 7) is 3.32. The zero-order valence-electron chi connectivity index (χ0n) is 10.7. The molecule has 0 saturated heterocycles. The summed E-state index contributed by atoms with van der Waals surface area (Å²) in [5.41, 5.74) is 0.607. The highest BCUT2D eigenvalue weighted by atomic mass is 16.5. The molecule has 1 aromatic heterocycles. The van der Waals surface area contributed by atoms with Gasteiger partial charge in [-0.2, -0.15) is 5.26 Å². The number of aliphatic hydroxyl groups is 1. The van der Waals surface area contributed by atoms with Crippen molar-refractivity contribution in [3.63, 3.8) is 0 Å². The molecule has 0 spiro atoms. The highest BCUT2D eigenvalue weighted by Gasteiger charge is 2.16. The van der Waals surface area contributed by atoms with E-state index in [2.05, 4.69) is 5.32 Å². The van der Waals surface area contributed by atoms with Crippen molar-refractivity contribution < 1.29 is 14.3 Å². The van der Waals surface area contributed by atoms with Gasteiger partial charge >= 0.3 is 0 Å². The molecule has 0 aliphatic carbocycles. The SMILES string of the molecule is CCNCC(O)COc1c(C#N)oc2ccccc12. The number of fused-ring (bicyclic) bond motifs is 1. The van der Waals surface area contributed by atoms with Gasteiger partial charge in [-0.3, -0.25) is 0 Å². The molecule has 1 unspecified atom stereocenters. The number of hydrogen-bond acceptors (Lipinski definition) is 5. The first-order chi connectivity index (χ1) is 9.26. The lowest BCUT2D eigenvalue weighted by Gasteiger charge is -2.11. The van der Waals surface area contributed by atoms with Gasteiger partial charge < -0.3 is 19.6 Å². The van der Waals surface area contributed by atoms with Crippen LogP contribution in [-0.2, 0) is 0 Å². The summed E-state index contributed by atoms with van der Waals surface area (Å²) in [7, 11) is 0. The van der Waals surface area contributed by atoms with Gasteiger partial charge in [-0.05, 0) is 18.7 Å². The maximum absolute atomic E-state index is 9.71. The van der Waals surface area contributed by atoms with Gasteiger partial charge in [0.1, 0.15) is 24.4 Å². The van der Waals surface area contributed by atoms with Gasteiger partial charge in [0.2, 0.25) is 5.76 Å². The molecular weight excluding hydrogens is 244 g/mol. The number of hydrogen-bond donors (Lipinski definition) is 2. The average molecular weight is 260 g/mol. The number of para-hydroxylation sites is 1. The molecule has 1 aromatic carbocycles. The summed E-state index contributed by atoms with van der Waals surface area (Å²) in [4.78, 5) is 0. The van der Waals surface area contributed by atoms with E-state index >= 15 is 0 Å². The van der Waals surface area contributed by atoms with Crippen LogP contribution in [0.3, 0.4) is 0 Å². The number of aliphatic hydroxyl groups excluding tert-OH is 1. The Hall–Kier alpha value is -2.03. The first-order valence-corrected chi connectivity index (χ1v) is 6.19. The summed E-state index contributed by atoms with van der Waals surface area (Å²) in [6.07, 6.45) is -0.625. The van der Waals surface area contributed by atoms with Gasteiger partial charge in [-0.1, -0.05) is 19.1 Å². The number of likely N-dealkylation sites (N-methyl/N-ethyl adjacent to an activating group) is 1. The lowest BCUT2D eigenvalue weighted by Crippen LogP contribution is -2.31. The highest BCUT2D eigenvalue weighted by molar-refractivity contribution is 5.86. The molecule has 1 heterocycles. The monoisotopic (exact) mass is 260 g/mol. The van der Waals surface area contributed by atoms with Crippen LogP contribution in [0, 0.1) is 11.3 Å². The fraction of sp³-hybridized carbons (Fsp3) is 0.357. The van der Waals surface area contributed by atoms with E-state index in [0.29, 0.717) is 17.9 Å². The number of furan rings is 1. The Kier molecular flexibility index (Phi) is 4.39. The number of rotatable bonds is 6. The minimum absolute atomic E-state index is 0.116. The third-order valence-corrected chi connectivity index (χ3v) is 2.70. The molecule has 100 valence electrons. The lowest BCUT2D eigenvalue weighted by molar-refractivity contribution is 0.107. The lowest BCUT2D eigenvalue weighted by atomic mass is 10.2. The molecule has 2 rings (SSSR count). The van der Waals surface area contributed by atoms with E-state index in [9.17, 15) is 5.11 Å². The van der Waals surface area contributed by atoms with Crippen LogP contribution in [0.4, 0.5) is 0 Å². The fourth-order valence-electron chi connectivity index (χ4n) is 1.79. The van der Waals surface area contributed by atoms with Crippen LogP contribution in [0.15, 0.2) is 28.7 Å². The van der Waals surface area contributed by atoms with E-state index < -0.39 is 6.10 Å². The van der Waals surface area contributed by atoms with E-state index in [0.717, 1.165) is 11.9 Å². The van der Waals surface area contributed by atoms with Crippen molar-refractivity contribution in [1.29, 1.82) is 5.26 Å². The minimum atomic E-state index is -0.625. The number of nitrogens with one attached hydrogen (secondary N) is 1. The normalized spacial score (nSPS) is 12.3. The Labute approximate surface area is 111 Å². The summed E-state index contributed by atoms with van der Waals surface area (Å²) < 4.78 is 10.9. The van der Waals surface area contributed by atoms with Crippen molar-refractivity contribution in [2.24, 2.45) is 0 Å². The number of nitriles is 1. The molecule has 2 N–H and O–H groups in total. The topological polar surface area (TPSA) is 78.4 Å². The van der Waals surface area contributed by atoms with Crippen LogP contribution >= 0.6 is 0 Å². The van der Waals surface area contributed by atoms with Crippen molar-refractivity contribution in [2.75, 3.05) is 19.7 Å². The fourth-order valence-corrected chi connectivity index (χ4v) is 1.79. The molecular formula is C14H16N2O3. The van der Waals surface area contributed by atoms with E-state index in [-0.39, 0.29) is 12.4 Å². The second-order valence-corrected chi connectivity index (χ2v) is 4.14. The largest absolute Gasteiger partial charge is 0.485 e. The van der Waals surface area contributed by atoms with Gasteiger partial charge in [0.25, 0.3) is 0 Å². The maximum Gasteiger partial charge on any atom is 0.246 e. The van der Waals surface area contributed by atoms with Crippen molar-refractivity contribution in [2.45, 2.75) is 13.0 Å². The zero-order chi connectivity index (χ0) is 13.7. The smallest absolute Gasteiger partial charge is 0.246 e. The number of ether oxygens (including phenoxy) is 1. The Morgan fingerprint density at radius 2 is 2.26 bits per heavy atom. The third-order valence-electron chi connectivity index (χ3n) is 2.70. The molecule has 0 fully saturated rings. The van der Waals surface area contributed by atoms with Gasteiger partial charge in [0, 0.05) is 6.54 Å². The predicted molar refractivity (Wildman–Crippen MR) is 71.0 cm³/mol. The van der Waals surface area contributed by atoms with E-state index in [4.69, 9.17) is 14.4 Å². The number of benzene rings is 1. The van der Waals surface area contributed by atoms with Crippen LogP contribution in [0.1, 0.15) is 12.7 Å². The minimum Gasteiger partial charge on any atom is -0.485 e. The van der Waals surface area contributed by atoms with Gasteiger partial charge in [0.15, 0.2) is 5.75 Å². The molecule has 0 radical (unpaired) electrons. The van der Waals surface area contributed by atoms with Crippen LogP contribution in [0.5, 0.6) is 5.75 Å². The summed E-state index contributed by atoms with van der Waals surface area (Å²) in [5, 5.41) is 22.5. The van der Waals surface area contributed by atoms with Crippen molar-refractivity contribution in [3.8, 4) is 11.8 Å². The molecule has 0 aliphatic rings. The molecule has 5 heteroatoms. The summed E-state index contributed by atoms with van der Waals surface area (Å²) >= 11 is 0. The first-order valence-electron chi connectivity index (χ1n) is 6.19. The second kappa shape index (κ2) is 6.23. The molecule has 19 heavy (non-hydrogen) atoms. The average Bonchev–Trinajstić information content (AvgIpc) is 2.80. The van der Waals surface area contributed by atoms with Gasteiger partial charge in [0.05, 0.1) is 5.39 Å². The van der Waals surface area contributed by atoms with Gasteiger partial charge in [-0.25, -0.2) is 0 Å². The summed E-state index contributed by atoms with van der Waals surface area (Å²) in [5.74, 6) is 0.533. The Bertz CT molecular complexity index is 586. The standard InChI is InChI=1S/C14H16N2O3/c1-2-16-8-10(17)9-18-14-11-5-3-4-6-12(11)19-13(14)7-15/h3-6,10,16-17H,2,8-9H2,1H3. The molecule has 0 aliphatic heterocycles. The predicted octanol–water partition coefficient (Wildman–Crippen LogP) is 1.65. The van der Waals surface area contributed by atoms with E-state index in [1.54, 1.807) is 6.07 Å². The Morgan fingerprint density at radius 3 is 3.00 bits per heavy atom. The van der Waals surface area contributed by atoms with Crippen molar-refractivity contribution in [1.82, 2.24) is 5.32 Å². The summed E-state index contributed by atoms with van der Waals surface area (Å²) in [6, 6.07) is 9.24. The van der Waals surface area contributed by atoms with Crippen LogP contribution < -0.4 is 10.1 Å². The number of nitrogens with zero attached hydrogens (tertiary/aromatic N) is 1. The molecule has 2 aromatic rings. The van der Waals surface area contributed by atoms with Crippen LogP contribution in [0.25, 0.3) is 11.0 Å². The maximum atomic E-state index is 9.71.